The largest absolute Gasteiger partial charge is 0.493 e. The molecule has 0 unspecified atom stereocenters. The molecule has 11 heteroatoms. The summed E-state index contributed by atoms with van der Waals surface area (Å²) < 4.78 is 46.6. The fourth-order valence-electron chi connectivity index (χ4n) is 3.08. The van der Waals surface area contributed by atoms with E-state index in [-0.39, 0.29) is 22.6 Å². The Balaban J connectivity index is 1.75. The lowest BCUT2D eigenvalue weighted by molar-refractivity contribution is -0.115. The molecule has 2 aromatic rings. The topological polar surface area (TPSA) is 129 Å². The molecule has 0 fully saturated rings. The Morgan fingerprint density at radius 3 is 2.31 bits per heavy atom. The summed E-state index contributed by atoms with van der Waals surface area (Å²) in [5.41, 5.74) is 0.317. The van der Waals surface area contributed by atoms with Gasteiger partial charge in [-0.15, -0.1) is 0 Å². The zero-order chi connectivity index (χ0) is 23.3. The van der Waals surface area contributed by atoms with Gasteiger partial charge in [0.15, 0.2) is 32.8 Å². The Bertz CT molecular complexity index is 1130. The summed E-state index contributed by atoms with van der Waals surface area (Å²) in [5.74, 6) is -0.0233. The van der Waals surface area contributed by atoms with E-state index < -0.39 is 27.4 Å². The molecule has 2 N–H and O–H groups in total. The molecule has 10 nitrogen and oxygen atoms in total. The van der Waals surface area contributed by atoms with Crippen LogP contribution in [0.3, 0.4) is 0 Å². The maximum atomic E-state index is 12.7. The number of carbonyl (C=O) groups is 2. The van der Waals surface area contributed by atoms with E-state index in [1.165, 1.54) is 51.6 Å². The van der Waals surface area contributed by atoms with Crippen molar-refractivity contribution in [3.63, 3.8) is 0 Å². The van der Waals surface area contributed by atoms with Gasteiger partial charge in [-0.3, -0.25) is 9.59 Å². The van der Waals surface area contributed by atoms with Crippen LogP contribution in [0.15, 0.2) is 35.2 Å². The van der Waals surface area contributed by atoms with Crippen LogP contribution in [0, 0.1) is 0 Å². The van der Waals surface area contributed by atoms with Crippen LogP contribution in [0.25, 0.3) is 0 Å². The number of carbonyl (C=O) groups excluding carboxylic acids is 2. The molecule has 0 spiro atoms. The Morgan fingerprint density at radius 1 is 1.00 bits per heavy atom. The predicted octanol–water partition coefficient (Wildman–Crippen LogP) is 1.64. The van der Waals surface area contributed by atoms with E-state index in [1.807, 2.05) is 0 Å². The van der Waals surface area contributed by atoms with Crippen LogP contribution in [0.1, 0.15) is 16.8 Å². The minimum absolute atomic E-state index is 0.0340. The van der Waals surface area contributed by atoms with E-state index >= 15 is 0 Å². The first-order valence-corrected chi connectivity index (χ1v) is 11.3. The smallest absolute Gasteiger partial charge is 0.253 e. The molecule has 0 aliphatic carbocycles. The summed E-state index contributed by atoms with van der Waals surface area (Å²) in [6, 6.07) is 7.20. The van der Waals surface area contributed by atoms with Crippen molar-refractivity contribution in [2.45, 2.75) is 11.3 Å². The molecular weight excluding hydrogens is 440 g/mol. The van der Waals surface area contributed by atoms with Crippen LogP contribution >= 0.6 is 0 Å². The van der Waals surface area contributed by atoms with Crippen molar-refractivity contribution in [2.75, 3.05) is 45.6 Å². The summed E-state index contributed by atoms with van der Waals surface area (Å²) in [6.45, 7) is 0.728. The molecule has 1 aliphatic heterocycles. The SMILES string of the molecule is CNC(=O)c1cc(OC)c(OC)cc1NC(=O)CCS(=O)(=O)c1ccc2c(c1)OCCO2. The van der Waals surface area contributed by atoms with Gasteiger partial charge in [-0.1, -0.05) is 0 Å². The number of hydrogen-bond acceptors (Lipinski definition) is 8. The maximum absolute atomic E-state index is 12.7. The van der Waals surface area contributed by atoms with Gasteiger partial charge in [-0.25, -0.2) is 8.42 Å². The Morgan fingerprint density at radius 2 is 1.66 bits per heavy atom. The molecule has 0 saturated carbocycles. The minimum atomic E-state index is -3.76. The van der Waals surface area contributed by atoms with Gasteiger partial charge in [0.05, 0.1) is 36.1 Å². The molecule has 2 aromatic carbocycles. The molecule has 0 radical (unpaired) electrons. The van der Waals surface area contributed by atoms with Crippen LogP contribution in [0.4, 0.5) is 5.69 Å². The molecule has 1 heterocycles. The van der Waals surface area contributed by atoms with Gasteiger partial charge in [-0.05, 0) is 18.2 Å². The summed E-state index contributed by atoms with van der Waals surface area (Å²) >= 11 is 0. The quantitative estimate of drug-likeness (QED) is 0.603. The highest BCUT2D eigenvalue weighted by atomic mass is 32.2. The summed E-state index contributed by atoms with van der Waals surface area (Å²) in [4.78, 5) is 24.8. The fourth-order valence-corrected chi connectivity index (χ4v) is 4.33. The van der Waals surface area contributed by atoms with Gasteiger partial charge in [-0.2, -0.15) is 0 Å². The molecule has 0 atom stereocenters. The number of methoxy groups -OCH3 is 2. The third kappa shape index (κ3) is 5.05. The van der Waals surface area contributed by atoms with Gasteiger partial charge < -0.3 is 29.6 Å². The van der Waals surface area contributed by atoms with E-state index in [1.54, 1.807) is 0 Å². The van der Waals surface area contributed by atoms with Crippen molar-refractivity contribution in [3.05, 3.63) is 35.9 Å². The Kier molecular flexibility index (Phi) is 7.08. The molecule has 32 heavy (non-hydrogen) atoms. The number of hydrogen-bond donors (Lipinski definition) is 2. The van der Waals surface area contributed by atoms with Crippen LogP contribution in [0.2, 0.25) is 0 Å². The molecule has 1 aliphatic rings. The van der Waals surface area contributed by atoms with E-state index in [4.69, 9.17) is 18.9 Å². The van der Waals surface area contributed by atoms with E-state index in [9.17, 15) is 18.0 Å². The minimum Gasteiger partial charge on any atom is -0.493 e. The van der Waals surface area contributed by atoms with Crippen LogP contribution < -0.4 is 29.6 Å². The number of sulfone groups is 1. The van der Waals surface area contributed by atoms with Crippen molar-refractivity contribution in [1.82, 2.24) is 5.32 Å². The van der Waals surface area contributed by atoms with E-state index in [0.717, 1.165) is 0 Å². The predicted molar refractivity (Wildman–Crippen MR) is 116 cm³/mol. The fraction of sp³-hybridized carbons (Fsp3) is 0.333. The third-order valence-electron chi connectivity index (χ3n) is 4.74. The molecule has 0 saturated heterocycles. The molecule has 2 amide bonds. The standard InChI is InChI=1S/C21H24N2O8S/c1-22-21(25)14-11-17(28-2)18(29-3)12-15(14)23-20(24)6-9-32(26,27)13-4-5-16-19(10-13)31-8-7-30-16/h4-5,10-12H,6-9H2,1-3H3,(H,22,25)(H,23,24). The first-order chi connectivity index (χ1) is 15.3. The summed E-state index contributed by atoms with van der Waals surface area (Å²) in [5, 5.41) is 5.06. The average molecular weight is 464 g/mol. The van der Waals surface area contributed by atoms with Gasteiger partial charge in [0, 0.05) is 25.6 Å². The summed E-state index contributed by atoms with van der Waals surface area (Å²) in [6.07, 6.45) is -0.321. The van der Waals surface area contributed by atoms with Crippen molar-refractivity contribution < 1.29 is 37.0 Å². The number of rotatable bonds is 8. The number of anilines is 1. The summed E-state index contributed by atoms with van der Waals surface area (Å²) in [7, 11) is 0.536. The highest BCUT2D eigenvalue weighted by molar-refractivity contribution is 7.91. The lowest BCUT2D eigenvalue weighted by Gasteiger charge is -2.18. The van der Waals surface area contributed by atoms with E-state index in [2.05, 4.69) is 10.6 Å². The van der Waals surface area contributed by atoms with Crippen LogP contribution in [-0.2, 0) is 14.6 Å². The second-order valence-electron chi connectivity index (χ2n) is 6.75. The third-order valence-corrected chi connectivity index (χ3v) is 6.45. The molecule has 0 aromatic heterocycles. The van der Waals surface area contributed by atoms with Crippen LogP contribution in [-0.4, -0.2) is 60.5 Å². The normalized spacial score (nSPS) is 12.6. The van der Waals surface area contributed by atoms with Gasteiger partial charge >= 0.3 is 0 Å². The maximum Gasteiger partial charge on any atom is 0.253 e. The van der Waals surface area contributed by atoms with Crippen molar-refractivity contribution in [1.29, 1.82) is 0 Å². The molecule has 0 bridgehead atoms. The average Bonchev–Trinajstić information content (AvgIpc) is 2.81. The van der Waals surface area contributed by atoms with Crippen molar-refractivity contribution in [2.24, 2.45) is 0 Å². The highest BCUT2D eigenvalue weighted by Gasteiger charge is 2.22. The van der Waals surface area contributed by atoms with E-state index in [0.29, 0.717) is 36.2 Å². The number of amides is 2. The second-order valence-corrected chi connectivity index (χ2v) is 8.86. The lowest BCUT2D eigenvalue weighted by atomic mass is 10.1. The Hall–Kier alpha value is -3.47. The molecule has 172 valence electrons. The highest BCUT2D eigenvalue weighted by Crippen LogP contribution is 2.34. The number of benzene rings is 2. The van der Waals surface area contributed by atoms with Gasteiger partial charge in [0.2, 0.25) is 5.91 Å². The lowest BCUT2D eigenvalue weighted by Crippen LogP contribution is -2.23. The monoisotopic (exact) mass is 464 g/mol. The Labute approximate surface area is 185 Å². The van der Waals surface area contributed by atoms with Gasteiger partial charge in [0.1, 0.15) is 13.2 Å². The number of fused-ring (bicyclic) bond motifs is 1. The molecule has 3 rings (SSSR count). The number of ether oxygens (including phenoxy) is 4. The van der Waals surface area contributed by atoms with Crippen molar-refractivity contribution >= 4 is 27.3 Å². The van der Waals surface area contributed by atoms with Crippen LogP contribution in [0.5, 0.6) is 23.0 Å². The zero-order valence-corrected chi connectivity index (χ0v) is 18.7. The first-order valence-electron chi connectivity index (χ1n) is 9.69. The molecular formula is C21H24N2O8S. The second kappa shape index (κ2) is 9.77. The zero-order valence-electron chi connectivity index (χ0n) is 17.9. The van der Waals surface area contributed by atoms with Gasteiger partial charge in [0.25, 0.3) is 5.91 Å². The van der Waals surface area contributed by atoms with Crippen molar-refractivity contribution in [3.8, 4) is 23.0 Å². The number of nitrogens with one attached hydrogen (secondary N) is 2. The first kappa shape index (κ1) is 23.2.